The van der Waals surface area contributed by atoms with Gasteiger partial charge in [-0.2, -0.15) is 4.57 Å². The van der Waals surface area contributed by atoms with Crippen molar-refractivity contribution in [2.45, 2.75) is 26.8 Å². The number of nitrogen functional groups attached to an aromatic ring is 1. The molecule has 0 bridgehead atoms. The smallest absolute Gasteiger partial charge is 0.319 e. The largest absolute Gasteiger partial charge is 0.464 e. The Morgan fingerprint density at radius 2 is 2.17 bits per heavy atom. The molecular weight excluding hydrogens is 366 g/mol. The van der Waals surface area contributed by atoms with Crippen molar-refractivity contribution in [1.82, 2.24) is 9.97 Å². The van der Waals surface area contributed by atoms with Crippen LogP contribution < -0.4 is 16.0 Å². The summed E-state index contributed by atoms with van der Waals surface area (Å²) in [4.78, 5) is 20.5. The van der Waals surface area contributed by atoms with Crippen molar-refractivity contribution in [2.75, 3.05) is 18.9 Å². The van der Waals surface area contributed by atoms with Crippen LogP contribution in [0.25, 0.3) is 0 Å². The van der Waals surface area contributed by atoms with E-state index >= 15 is 0 Å². The second-order valence-corrected chi connectivity index (χ2v) is 5.80. The Labute approximate surface area is 149 Å². The Hall–Kier alpha value is -1.54. The Morgan fingerprint density at radius 3 is 2.83 bits per heavy atom. The third-order valence-electron chi connectivity index (χ3n) is 3.27. The van der Waals surface area contributed by atoms with Gasteiger partial charge in [0, 0.05) is 36.6 Å². The number of aryl methyl sites for hydroxylation is 1. The molecule has 23 heavy (non-hydrogen) atoms. The first kappa shape index (κ1) is 19.5. The number of nitrogens with two attached hydrogens (primary N) is 2. The maximum atomic E-state index is 11.0. The van der Waals surface area contributed by atoms with Gasteiger partial charge in [-0.3, -0.25) is 4.79 Å². The summed E-state index contributed by atoms with van der Waals surface area (Å²) in [6.07, 6.45) is 2.43. The molecule has 2 aromatic rings. The van der Waals surface area contributed by atoms with Crippen molar-refractivity contribution in [3.8, 4) is 0 Å². The third kappa shape index (κ3) is 5.24. The number of carbonyl (C=O) groups is 1. The average molecular weight is 386 g/mol. The van der Waals surface area contributed by atoms with Gasteiger partial charge in [-0.15, -0.1) is 0 Å². The topological polar surface area (TPSA) is 108 Å². The quantitative estimate of drug-likeness (QED) is 0.415. The summed E-state index contributed by atoms with van der Waals surface area (Å²) in [7, 11) is 0. The van der Waals surface area contributed by atoms with Crippen molar-refractivity contribution in [3.63, 3.8) is 0 Å². The van der Waals surface area contributed by atoms with Crippen LogP contribution in [0.2, 0.25) is 0 Å². The molecule has 0 aliphatic carbocycles. The number of thiazole rings is 1. The van der Waals surface area contributed by atoms with Crippen LogP contribution in [0.1, 0.15) is 22.0 Å². The average Bonchev–Trinajstić information content (AvgIpc) is 2.83. The molecule has 7 nitrogen and oxygen atoms in total. The summed E-state index contributed by atoms with van der Waals surface area (Å²) in [6, 6.07) is 0. The van der Waals surface area contributed by atoms with Gasteiger partial charge in [-0.25, -0.2) is 9.97 Å². The van der Waals surface area contributed by atoms with E-state index in [9.17, 15) is 4.79 Å². The predicted octanol–water partition coefficient (Wildman–Crippen LogP) is 0.115. The van der Waals surface area contributed by atoms with E-state index in [0.29, 0.717) is 31.2 Å². The minimum atomic E-state index is -0.383. The normalized spacial score (nSPS) is 10.2. The van der Waals surface area contributed by atoms with Gasteiger partial charge in [0.1, 0.15) is 11.6 Å². The summed E-state index contributed by atoms with van der Waals surface area (Å²) in [5, 5.41) is 0. The number of nitrogens with zero attached hydrogens (tertiary/aromatic N) is 3. The van der Waals surface area contributed by atoms with E-state index in [4.69, 9.17) is 16.2 Å². The maximum absolute atomic E-state index is 11.0. The van der Waals surface area contributed by atoms with Gasteiger partial charge in [-0.05, 0) is 6.92 Å². The van der Waals surface area contributed by atoms with Gasteiger partial charge in [0.25, 0.3) is 0 Å². The van der Waals surface area contributed by atoms with E-state index in [1.807, 2.05) is 19.4 Å². The molecule has 0 atom stereocenters. The summed E-state index contributed by atoms with van der Waals surface area (Å²) in [6.45, 7) is 4.71. The van der Waals surface area contributed by atoms with Crippen LogP contribution in [0.15, 0.2) is 11.7 Å². The van der Waals surface area contributed by atoms with E-state index in [2.05, 4.69) is 14.5 Å². The van der Waals surface area contributed by atoms with E-state index < -0.39 is 0 Å². The van der Waals surface area contributed by atoms with Crippen molar-refractivity contribution in [1.29, 1.82) is 0 Å². The van der Waals surface area contributed by atoms with Crippen LogP contribution in [0.4, 0.5) is 5.82 Å². The first-order valence-electron chi connectivity index (χ1n) is 6.91. The number of aromatic nitrogens is 3. The number of hydrogen-bond acceptors (Lipinski definition) is 7. The second-order valence-electron chi connectivity index (χ2n) is 4.86. The minimum Gasteiger partial charge on any atom is -0.464 e. The maximum Gasteiger partial charge on any atom is 0.319 e. The SMILES string of the molecule is Cc1ncc(C[n+]2csc(CCOC(=O)CN)c2C)c(N)n1.[Cu]. The van der Waals surface area contributed by atoms with Crippen LogP contribution in [0, 0.1) is 13.8 Å². The number of ether oxygens (including phenoxy) is 1. The molecular formula is C14H20CuN5O2S+. The molecule has 2 heterocycles. The zero-order valence-electron chi connectivity index (χ0n) is 13.0. The van der Waals surface area contributed by atoms with Crippen LogP contribution in [-0.2, 0) is 39.6 Å². The second kappa shape index (κ2) is 8.93. The molecule has 4 N–H and O–H groups in total. The minimum absolute atomic E-state index is 0. The number of rotatable bonds is 6. The molecule has 0 unspecified atom stereocenters. The fourth-order valence-electron chi connectivity index (χ4n) is 1.98. The molecule has 1 radical (unpaired) electrons. The van der Waals surface area contributed by atoms with Crippen LogP contribution in [0.3, 0.4) is 0 Å². The van der Waals surface area contributed by atoms with E-state index in [0.717, 1.165) is 16.1 Å². The first-order valence-corrected chi connectivity index (χ1v) is 7.79. The van der Waals surface area contributed by atoms with Crippen molar-refractivity contribution in [2.24, 2.45) is 5.73 Å². The number of anilines is 1. The van der Waals surface area contributed by atoms with E-state index in [1.165, 1.54) is 0 Å². The van der Waals surface area contributed by atoms with Crippen LogP contribution in [-0.4, -0.2) is 29.1 Å². The van der Waals surface area contributed by atoms with Crippen molar-refractivity contribution in [3.05, 3.63) is 33.7 Å². The summed E-state index contributed by atoms with van der Waals surface area (Å²) in [5.41, 5.74) is 15.1. The van der Waals surface area contributed by atoms with Gasteiger partial charge in [-0.1, -0.05) is 11.3 Å². The van der Waals surface area contributed by atoms with E-state index in [1.54, 1.807) is 17.5 Å². The van der Waals surface area contributed by atoms with Crippen molar-refractivity contribution < 1.29 is 31.2 Å². The molecule has 0 spiro atoms. The van der Waals surface area contributed by atoms with Crippen molar-refractivity contribution >= 4 is 23.1 Å². The Bertz CT molecular complexity index is 677. The van der Waals surface area contributed by atoms with Gasteiger partial charge in [0.15, 0.2) is 12.2 Å². The number of carbonyl (C=O) groups excluding carboxylic acids is 1. The molecule has 0 amide bonds. The van der Waals surface area contributed by atoms with Gasteiger partial charge in [0.2, 0.25) is 5.51 Å². The van der Waals surface area contributed by atoms with Crippen LogP contribution >= 0.6 is 11.3 Å². The van der Waals surface area contributed by atoms with E-state index in [-0.39, 0.29) is 29.6 Å². The Balaban J connectivity index is 0.00000264. The molecule has 0 aliphatic rings. The standard InChI is InChI=1S/C14H20N5O2S.Cu/c1-9-12(3-4-21-13(20)5-15)22-8-19(9)7-11-6-17-10(2)18-14(11)16;/h6,8H,3-5,7,15H2,1-2H3,(H2,16,17,18);/q+1;. The molecule has 0 saturated carbocycles. The predicted molar refractivity (Wildman–Crippen MR) is 83.3 cm³/mol. The number of esters is 1. The van der Waals surface area contributed by atoms with Gasteiger partial charge in [0.05, 0.1) is 23.6 Å². The molecule has 0 aliphatic heterocycles. The third-order valence-corrected chi connectivity index (χ3v) is 4.42. The Kier molecular flexibility index (Phi) is 7.57. The molecule has 2 aromatic heterocycles. The Morgan fingerprint density at radius 1 is 1.43 bits per heavy atom. The zero-order chi connectivity index (χ0) is 16.1. The molecule has 2 rings (SSSR count). The molecule has 0 aromatic carbocycles. The molecule has 129 valence electrons. The molecule has 9 heteroatoms. The molecule has 0 fully saturated rings. The zero-order valence-corrected chi connectivity index (χ0v) is 14.8. The van der Waals surface area contributed by atoms with Crippen LogP contribution in [0.5, 0.6) is 0 Å². The molecule has 0 saturated heterocycles. The first-order chi connectivity index (χ1) is 10.5. The summed E-state index contributed by atoms with van der Waals surface area (Å²) < 4.78 is 7.10. The van der Waals surface area contributed by atoms with Gasteiger partial charge < -0.3 is 16.2 Å². The summed E-state index contributed by atoms with van der Waals surface area (Å²) >= 11 is 1.62. The summed E-state index contributed by atoms with van der Waals surface area (Å²) in [5.74, 6) is 0.784. The number of hydrogen-bond donors (Lipinski definition) is 2. The van der Waals surface area contributed by atoms with Gasteiger partial charge >= 0.3 is 5.97 Å². The monoisotopic (exact) mass is 385 g/mol. The fourth-order valence-corrected chi connectivity index (χ4v) is 2.96. The fraction of sp³-hybridized carbons (Fsp3) is 0.429.